The van der Waals surface area contributed by atoms with Gasteiger partial charge in [-0.2, -0.15) is 0 Å². The molecule has 0 aliphatic carbocycles. The zero-order chi connectivity index (χ0) is 7.98. The van der Waals surface area contributed by atoms with E-state index >= 15 is 0 Å². The Kier molecular flexibility index (Phi) is 4.28. The summed E-state index contributed by atoms with van der Waals surface area (Å²) in [6, 6.07) is 0. The maximum atomic E-state index is 10.6. The third-order valence-electron chi connectivity index (χ3n) is 1.16. The summed E-state index contributed by atoms with van der Waals surface area (Å²) in [5.41, 5.74) is 0.573. The Morgan fingerprint density at radius 2 is 2.20 bits per heavy atom. The molecule has 58 valence electrons. The monoisotopic (exact) mass is 144 g/mol. The van der Waals surface area contributed by atoms with Gasteiger partial charge in [-0.15, -0.1) is 0 Å². The Labute approximate surface area is 59.9 Å². The van der Waals surface area contributed by atoms with E-state index in [1.807, 2.05) is 0 Å². The zero-order valence-corrected chi connectivity index (χ0v) is 6.22. The molecule has 0 radical (unpaired) electrons. The molecule has 0 atom stereocenters. The van der Waals surface area contributed by atoms with Crippen LogP contribution in [-0.4, -0.2) is 23.9 Å². The normalized spacial score (nSPS) is 11.2. The van der Waals surface area contributed by atoms with Gasteiger partial charge in [0.15, 0.2) is 0 Å². The molecule has 0 bridgehead atoms. The van der Waals surface area contributed by atoms with Gasteiger partial charge >= 0.3 is 0 Å². The number of hydrogen-bond acceptors (Lipinski definition) is 3. The summed E-state index contributed by atoms with van der Waals surface area (Å²) in [6.07, 6.45) is 0.891. The molecule has 4 heteroatoms. The molecule has 0 aliphatic heterocycles. The molecule has 0 saturated carbocycles. The molecule has 0 saturated heterocycles. The second kappa shape index (κ2) is 4.78. The quantitative estimate of drug-likeness (QED) is 0.341. The van der Waals surface area contributed by atoms with E-state index in [0.717, 1.165) is 0 Å². The summed E-state index contributed by atoms with van der Waals surface area (Å²) in [5.74, 6) is -0.0389. The average molecular weight is 144 g/mol. The molecule has 10 heavy (non-hydrogen) atoms. The van der Waals surface area contributed by atoms with Crippen molar-refractivity contribution in [2.24, 2.45) is 5.16 Å². The predicted octanol–water partition coefficient (Wildman–Crippen LogP) is 0.363. The molecule has 0 unspecified atom stereocenters. The highest BCUT2D eigenvalue weighted by atomic mass is 16.4. The summed E-state index contributed by atoms with van der Waals surface area (Å²) in [7, 11) is 1.58. The minimum atomic E-state index is -0.0389. The van der Waals surface area contributed by atoms with Gasteiger partial charge in [0.1, 0.15) is 0 Å². The van der Waals surface area contributed by atoms with E-state index in [-0.39, 0.29) is 5.91 Å². The average Bonchev–Trinajstić information content (AvgIpc) is 1.99. The molecule has 0 aromatic carbocycles. The van der Waals surface area contributed by atoms with E-state index in [4.69, 9.17) is 5.21 Å². The number of nitrogens with zero attached hydrogens (tertiary/aromatic N) is 1. The maximum Gasteiger partial charge on any atom is 0.220 e. The fourth-order valence-electron chi connectivity index (χ4n) is 0.469. The van der Waals surface area contributed by atoms with Crippen LogP contribution >= 0.6 is 0 Å². The lowest BCUT2D eigenvalue weighted by Gasteiger charge is -1.96. The van der Waals surface area contributed by atoms with Crippen LogP contribution in [0.15, 0.2) is 5.16 Å². The molecule has 0 aromatic rings. The molecule has 0 aliphatic rings. The van der Waals surface area contributed by atoms with Crippen molar-refractivity contribution in [3.63, 3.8) is 0 Å². The van der Waals surface area contributed by atoms with Crippen LogP contribution in [-0.2, 0) is 4.79 Å². The Balaban J connectivity index is 3.45. The summed E-state index contributed by atoms with van der Waals surface area (Å²) in [5, 5.41) is 13.6. The molecule has 0 rings (SSSR count). The molecule has 0 spiro atoms. The van der Waals surface area contributed by atoms with Gasteiger partial charge in [0.25, 0.3) is 0 Å². The van der Waals surface area contributed by atoms with E-state index in [1.54, 1.807) is 14.0 Å². The van der Waals surface area contributed by atoms with Crippen molar-refractivity contribution in [3.8, 4) is 0 Å². The number of carbonyl (C=O) groups excluding carboxylic acids is 1. The third kappa shape index (κ3) is 3.88. The van der Waals surface area contributed by atoms with E-state index < -0.39 is 0 Å². The van der Waals surface area contributed by atoms with Crippen molar-refractivity contribution in [1.82, 2.24) is 5.32 Å². The van der Waals surface area contributed by atoms with E-state index in [0.29, 0.717) is 18.6 Å². The molecule has 4 nitrogen and oxygen atoms in total. The lowest BCUT2D eigenvalue weighted by molar-refractivity contribution is -0.120. The van der Waals surface area contributed by atoms with E-state index in [9.17, 15) is 4.79 Å². The Morgan fingerprint density at radius 1 is 1.60 bits per heavy atom. The molecular weight excluding hydrogens is 132 g/mol. The molecule has 1 amide bonds. The van der Waals surface area contributed by atoms with Gasteiger partial charge < -0.3 is 10.5 Å². The number of carbonyl (C=O) groups is 1. The highest BCUT2D eigenvalue weighted by Gasteiger charge is 1.98. The van der Waals surface area contributed by atoms with Crippen molar-refractivity contribution >= 4 is 11.6 Å². The number of oxime groups is 1. The smallest absolute Gasteiger partial charge is 0.220 e. The SMILES string of the molecule is CNC(=O)CC/C(C)=N/O. The van der Waals surface area contributed by atoms with E-state index in [1.165, 1.54) is 0 Å². The van der Waals surface area contributed by atoms with Crippen molar-refractivity contribution in [1.29, 1.82) is 0 Å². The second-order valence-electron chi connectivity index (χ2n) is 2.01. The number of hydrogen-bond donors (Lipinski definition) is 2. The van der Waals surface area contributed by atoms with Crippen LogP contribution in [0.1, 0.15) is 19.8 Å². The second-order valence-corrected chi connectivity index (χ2v) is 2.01. The third-order valence-corrected chi connectivity index (χ3v) is 1.16. The topological polar surface area (TPSA) is 61.7 Å². The minimum Gasteiger partial charge on any atom is -0.411 e. The first kappa shape index (κ1) is 8.94. The van der Waals surface area contributed by atoms with Gasteiger partial charge in [0.2, 0.25) is 5.91 Å². The fourth-order valence-corrected chi connectivity index (χ4v) is 0.469. The van der Waals surface area contributed by atoms with Crippen LogP contribution in [0.5, 0.6) is 0 Å². The number of rotatable bonds is 3. The first-order valence-electron chi connectivity index (χ1n) is 3.08. The zero-order valence-electron chi connectivity index (χ0n) is 6.22. The van der Waals surface area contributed by atoms with Gasteiger partial charge in [-0.1, -0.05) is 5.16 Å². The maximum absolute atomic E-state index is 10.6. The van der Waals surface area contributed by atoms with Crippen LogP contribution in [0.3, 0.4) is 0 Å². The Hall–Kier alpha value is -1.06. The van der Waals surface area contributed by atoms with Crippen molar-refractivity contribution in [2.75, 3.05) is 7.05 Å². The Bertz CT molecular complexity index is 143. The molecular formula is C6H12N2O2. The fraction of sp³-hybridized carbons (Fsp3) is 0.667. The number of nitrogens with one attached hydrogen (secondary N) is 1. The van der Waals surface area contributed by atoms with Crippen LogP contribution in [0.25, 0.3) is 0 Å². The van der Waals surface area contributed by atoms with Gasteiger partial charge in [0, 0.05) is 13.5 Å². The highest BCUT2D eigenvalue weighted by molar-refractivity contribution is 5.86. The van der Waals surface area contributed by atoms with E-state index in [2.05, 4.69) is 10.5 Å². The van der Waals surface area contributed by atoms with Crippen molar-refractivity contribution in [3.05, 3.63) is 0 Å². The largest absolute Gasteiger partial charge is 0.411 e. The summed E-state index contributed by atoms with van der Waals surface area (Å²) in [4.78, 5) is 10.6. The summed E-state index contributed by atoms with van der Waals surface area (Å²) < 4.78 is 0. The predicted molar refractivity (Wildman–Crippen MR) is 38.2 cm³/mol. The van der Waals surface area contributed by atoms with Crippen LogP contribution < -0.4 is 5.32 Å². The van der Waals surface area contributed by atoms with Gasteiger partial charge in [-0.3, -0.25) is 4.79 Å². The summed E-state index contributed by atoms with van der Waals surface area (Å²) in [6.45, 7) is 1.67. The molecule has 0 heterocycles. The minimum absolute atomic E-state index is 0.0389. The molecule has 0 fully saturated rings. The first-order chi connectivity index (χ1) is 4.70. The first-order valence-corrected chi connectivity index (χ1v) is 3.08. The van der Waals surface area contributed by atoms with Gasteiger partial charge in [0.05, 0.1) is 5.71 Å². The summed E-state index contributed by atoms with van der Waals surface area (Å²) >= 11 is 0. The van der Waals surface area contributed by atoms with Crippen molar-refractivity contribution in [2.45, 2.75) is 19.8 Å². The van der Waals surface area contributed by atoms with Gasteiger partial charge in [-0.05, 0) is 13.3 Å². The molecule has 0 aromatic heterocycles. The van der Waals surface area contributed by atoms with Crippen LogP contribution in [0.2, 0.25) is 0 Å². The van der Waals surface area contributed by atoms with Crippen molar-refractivity contribution < 1.29 is 10.0 Å². The van der Waals surface area contributed by atoms with Crippen LogP contribution in [0, 0.1) is 0 Å². The molecule has 2 N–H and O–H groups in total. The lowest BCUT2D eigenvalue weighted by atomic mass is 10.2. The lowest BCUT2D eigenvalue weighted by Crippen LogP contribution is -2.17. The highest BCUT2D eigenvalue weighted by Crippen LogP contribution is 1.90. The standard InChI is InChI=1S/C6H12N2O2/c1-5(8-10)3-4-6(9)7-2/h10H,3-4H2,1-2H3,(H,7,9)/b8-5+. The van der Waals surface area contributed by atoms with Gasteiger partial charge in [-0.25, -0.2) is 0 Å². The number of amides is 1. The Morgan fingerprint density at radius 3 is 2.60 bits per heavy atom. The van der Waals surface area contributed by atoms with Crippen LogP contribution in [0.4, 0.5) is 0 Å².